The summed E-state index contributed by atoms with van der Waals surface area (Å²) in [6.07, 6.45) is 4.05. The van der Waals surface area contributed by atoms with Gasteiger partial charge in [-0.15, -0.1) is 11.3 Å². The lowest BCUT2D eigenvalue weighted by Gasteiger charge is -2.34. The molecule has 0 aromatic carbocycles. The van der Waals surface area contributed by atoms with Gasteiger partial charge in [-0.1, -0.05) is 26.7 Å². The first-order chi connectivity index (χ1) is 9.81. The lowest BCUT2D eigenvalue weighted by molar-refractivity contribution is 0.0697. The van der Waals surface area contributed by atoms with Crippen LogP contribution in [0.4, 0.5) is 0 Å². The molecule has 1 aromatic rings. The molecule has 0 radical (unpaired) electrons. The Labute approximate surface area is 129 Å². The summed E-state index contributed by atoms with van der Waals surface area (Å²) in [5.41, 5.74) is 0.0180. The predicted octanol–water partition coefficient (Wildman–Crippen LogP) is 2.94. The second kappa shape index (κ2) is 6.46. The number of hydrogen-bond donors (Lipinski definition) is 2. The van der Waals surface area contributed by atoms with E-state index in [1.54, 1.807) is 0 Å². The summed E-state index contributed by atoms with van der Waals surface area (Å²) in [5.74, 6) is -0.339. The number of carboxylic acids is 1. The highest BCUT2D eigenvalue weighted by Crippen LogP contribution is 2.31. The molecule has 2 unspecified atom stereocenters. The topological polar surface area (TPSA) is 83.5 Å². The van der Waals surface area contributed by atoms with Crippen LogP contribution in [0.2, 0.25) is 0 Å². The fourth-order valence-corrected chi connectivity index (χ4v) is 5.42. The van der Waals surface area contributed by atoms with Crippen molar-refractivity contribution in [1.29, 1.82) is 0 Å². The molecule has 0 aliphatic heterocycles. The zero-order chi connectivity index (χ0) is 15.6. The van der Waals surface area contributed by atoms with Crippen molar-refractivity contribution in [2.45, 2.75) is 49.8 Å². The molecule has 1 aliphatic rings. The van der Waals surface area contributed by atoms with Gasteiger partial charge in [0.05, 0.1) is 5.56 Å². The molecule has 118 valence electrons. The van der Waals surface area contributed by atoms with Gasteiger partial charge in [0.2, 0.25) is 10.0 Å². The summed E-state index contributed by atoms with van der Waals surface area (Å²) in [5, 5.41) is 10.3. The van der Waals surface area contributed by atoms with E-state index in [0.717, 1.165) is 37.0 Å². The maximum Gasteiger partial charge on any atom is 0.336 e. The Bertz CT molecular complexity index is 606. The molecule has 0 spiro atoms. The number of rotatable bonds is 5. The first-order valence-corrected chi connectivity index (χ1v) is 9.51. The van der Waals surface area contributed by atoms with E-state index in [2.05, 4.69) is 18.6 Å². The van der Waals surface area contributed by atoms with E-state index in [-0.39, 0.29) is 15.8 Å². The molecule has 5 nitrogen and oxygen atoms in total. The summed E-state index contributed by atoms with van der Waals surface area (Å²) < 4.78 is 27.7. The number of carboxylic acid groups (broad SMARTS) is 1. The molecule has 1 aliphatic carbocycles. The van der Waals surface area contributed by atoms with Crippen LogP contribution in [0.15, 0.2) is 15.7 Å². The third-order valence-corrected chi connectivity index (χ3v) is 7.00. The van der Waals surface area contributed by atoms with E-state index in [9.17, 15) is 13.2 Å². The third kappa shape index (κ3) is 3.84. The van der Waals surface area contributed by atoms with Crippen LogP contribution in [0.5, 0.6) is 0 Å². The Hall–Kier alpha value is -0.920. The van der Waals surface area contributed by atoms with E-state index in [0.29, 0.717) is 11.8 Å². The van der Waals surface area contributed by atoms with Crippen molar-refractivity contribution in [3.8, 4) is 0 Å². The van der Waals surface area contributed by atoms with E-state index in [4.69, 9.17) is 5.11 Å². The number of aromatic carboxylic acids is 1. The smallest absolute Gasteiger partial charge is 0.336 e. The summed E-state index contributed by atoms with van der Waals surface area (Å²) in [6, 6.07) is 1.17. The van der Waals surface area contributed by atoms with Crippen molar-refractivity contribution in [1.82, 2.24) is 4.72 Å². The van der Waals surface area contributed by atoms with Crippen LogP contribution in [0, 0.1) is 11.8 Å². The van der Waals surface area contributed by atoms with Gasteiger partial charge in [-0.05, 0) is 30.7 Å². The molecular weight excluding hydrogens is 310 g/mol. The zero-order valence-electron chi connectivity index (χ0n) is 12.2. The first kappa shape index (κ1) is 16.5. The van der Waals surface area contributed by atoms with Gasteiger partial charge in [0, 0.05) is 11.4 Å². The second-order valence-electron chi connectivity index (χ2n) is 5.88. The largest absolute Gasteiger partial charge is 0.478 e. The number of thiophene rings is 1. The molecule has 21 heavy (non-hydrogen) atoms. The Morgan fingerprint density at radius 3 is 2.62 bits per heavy atom. The fraction of sp³-hybridized carbons (Fsp3) is 0.643. The second-order valence-corrected chi connectivity index (χ2v) is 8.73. The summed E-state index contributed by atoms with van der Waals surface area (Å²) >= 11 is 0.952. The molecule has 1 heterocycles. The monoisotopic (exact) mass is 331 g/mol. The SMILES string of the molecule is CC(C)C1CCCCC1NS(=O)(=O)c1cc(C(=O)O)cs1. The van der Waals surface area contributed by atoms with Crippen LogP contribution >= 0.6 is 11.3 Å². The molecule has 2 N–H and O–H groups in total. The molecule has 0 amide bonds. The van der Waals surface area contributed by atoms with Gasteiger partial charge in [-0.25, -0.2) is 17.9 Å². The van der Waals surface area contributed by atoms with Crippen molar-refractivity contribution in [3.05, 3.63) is 17.0 Å². The van der Waals surface area contributed by atoms with Gasteiger partial charge >= 0.3 is 5.97 Å². The Kier molecular flexibility index (Phi) is 5.06. The quantitative estimate of drug-likeness (QED) is 0.869. The minimum Gasteiger partial charge on any atom is -0.478 e. The number of nitrogens with one attached hydrogen (secondary N) is 1. The van der Waals surface area contributed by atoms with E-state index >= 15 is 0 Å². The van der Waals surface area contributed by atoms with Gasteiger partial charge in [-0.2, -0.15) is 0 Å². The third-order valence-electron chi connectivity index (χ3n) is 4.07. The zero-order valence-corrected chi connectivity index (χ0v) is 13.8. The van der Waals surface area contributed by atoms with Crippen molar-refractivity contribution >= 4 is 27.3 Å². The Morgan fingerprint density at radius 2 is 2.05 bits per heavy atom. The molecule has 1 saturated carbocycles. The van der Waals surface area contributed by atoms with E-state index in [1.807, 2.05) is 0 Å². The van der Waals surface area contributed by atoms with Crippen molar-refractivity contribution in [3.63, 3.8) is 0 Å². The fourth-order valence-electron chi connectivity index (χ4n) is 2.93. The molecule has 0 saturated heterocycles. The molecule has 7 heteroatoms. The summed E-state index contributed by atoms with van der Waals surface area (Å²) in [6.45, 7) is 4.23. The van der Waals surface area contributed by atoms with Crippen LogP contribution in [-0.4, -0.2) is 25.5 Å². The number of sulfonamides is 1. The van der Waals surface area contributed by atoms with Crippen LogP contribution in [-0.2, 0) is 10.0 Å². The van der Waals surface area contributed by atoms with Crippen molar-refractivity contribution in [2.75, 3.05) is 0 Å². The molecule has 2 atom stereocenters. The van der Waals surface area contributed by atoms with Crippen LogP contribution in [0.1, 0.15) is 49.9 Å². The van der Waals surface area contributed by atoms with Crippen molar-refractivity contribution < 1.29 is 18.3 Å². The first-order valence-electron chi connectivity index (χ1n) is 7.15. The minimum atomic E-state index is -3.63. The maximum atomic E-state index is 12.4. The average Bonchev–Trinajstić information content (AvgIpc) is 2.89. The molecule has 1 aromatic heterocycles. The van der Waals surface area contributed by atoms with E-state index < -0.39 is 16.0 Å². The molecular formula is C14H21NO4S2. The highest BCUT2D eigenvalue weighted by atomic mass is 32.2. The Balaban J connectivity index is 2.17. The number of carbonyl (C=O) groups is 1. The molecule has 1 fully saturated rings. The van der Waals surface area contributed by atoms with Gasteiger partial charge < -0.3 is 5.11 Å². The van der Waals surface area contributed by atoms with Gasteiger partial charge in [0.25, 0.3) is 0 Å². The van der Waals surface area contributed by atoms with Crippen molar-refractivity contribution in [2.24, 2.45) is 11.8 Å². The average molecular weight is 331 g/mol. The molecule has 0 bridgehead atoms. The maximum absolute atomic E-state index is 12.4. The normalized spacial score (nSPS) is 23.4. The molecule has 2 rings (SSSR count). The minimum absolute atomic E-state index is 0.0180. The van der Waals surface area contributed by atoms with Gasteiger partial charge in [-0.3, -0.25) is 0 Å². The van der Waals surface area contributed by atoms with Crippen LogP contribution in [0.25, 0.3) is 0 Å². The van der Waals surface area contributed by atoms with Crippen LogP contribution in [0.3, 0.4) is 0 Å². The lowest BCUT2D eigenvalue weighted by atomic mass is 9.78. The van der Waals surface area contributed by atoms with E-state index in [1.165, 1.54) is 11.4 Å². The van der Waals surface area contributed by atoms with Gasteiger partial charge in [0.15, 0.2) is 0 Å². The Morgan fingerprint density at radius 1 is 1.38 bits per heavy atom. The highest BCUT2D eigenvalue weighted by molar-refractivity contribution is 7.91. The van der Waals surface area contributed by atoms with Gasteiger partial charge in [0.1, 0.15) is 4.21 Å². The lowest BCUT2D eigenvalue weighted by Crippen LogP contribution is -2.43. The summed E-state index contributed by atoms with van der Waals surface area (Å²) in [7, 11) is -3.63. The summed E-state index contributed by atoms with van der Waals surface area (Å²) in [4.78, 5) is 10.9. The predicted molar refractivity (Wildman–Crippen MR) is 82.2 cm³/mol. The highest BCUT2D eigenvalue weighted by Gasteiger charge is 2.31. The van der Waals surface area contributed by atoms with Crippen LogP contribution < -0.4 is 4.72 Å². The number of hydrogen-bond acceptors (Lipinski definition) is 4. The standard InChI is InChI=1S/C14H21NO4S2/c1-9(2)11-5-3-4-6-12(11)15-21(18,19)13-7-10(8-20-13)14(16)17/h7-9,11-12,15H,3-6H2,1-2H3,(H,16,17).